The minimum absolute atomic E-state index is 0.356. The van der Waals surface area contributed by atoms with Crippen LogP contribution in [0.1, 0.15) is 12.5 Å². The van der Waals surface area contributed by atoms with Gasteiger partial charge in [-0.2, -0.15) is 0 Å². The van der Waals surface area contributed by atoms with Crippen molar-refractivity contribution in [3.05, 3.63) is 23.5 Å². The second-order valence-electron chi connectivity index (χ2n) is 2.80. The van der Waals surface area contributed by atoms with Gasteiger partial charge in [-0.05, 0) is 76.2 Å². The van der Waals surface area contributed by atoms with Crippen molar-refractivity contribution >= 4 is 69.7 Å². The highest BCUT2D eigenvalue weighted by molar-refractivity contribution is 9.14. The number of halogens is 4. The van der Waals surface area contributed by atoms with E-state index in [1.54, 1.807) is 0 Å². The van der Waals surface area contributed by atoms with Crippen molar-refractivity contribution in [2.24, 2.45) is 0 Å². The molecule has 0 fully saturated rings. The molecule has 0 spiro atoms. The lowest BCUT2D eigenvalue weighted by Gasteiger charge is -2.13. The quantitative estimate of drug-likeness (QED) is 0.253. The Kier molecular flexibility index (Phi) is 4.83. The SMILES string of the molecule is CC(=O)Oc1c(Br)c(C)c(Br)c(Br)c1Br. The standard InChI is InChI=1S/C9H6Br4O2/c1-3-5(10)7(12)8(13)9(6(3)11)15-4(2)14/h1-2H3. The Morgan fingerprint density at radius 1 is 1.00 bits per heavy atom. The van der Waals surface area contributed by atoms with Crippen LogP contribution in [0.25, 0.3) is 0 Å². The predicted molar refractivity (Wildman–Crippen MR) is 73.3 cm³/mol. The fourth-order valence-electron chi connectivity index (χ4n) is 0.957. The Balaban J connectivity index is 3.45. The molecule has 0 unspecified atom stereocenters. The minimum Gasteiger partial charge on any atom is -0.424 e. The van der Waals surface area contributed by atoms with Crippen molar-refractivity contribution in [3.63, 3.8) is 0 Å². The zero-order valence-corrected chi connectivity index (χ0v) is 14.2. The van der Waals surface area contributed by atoms with Crippen LogP contribution in [0.2, 0.25) is 0 Å². The fourth-order valence-corrected chi connectivity index (χ4v) is 3.58. The summed E-state index contributed by atoms with van der Waals surface area (Å²) in [6.07, 6.45) is 0. The lowest BCUT2D eigenvalue weighted by Crippen LogP contribution is -2.04. The van der Waals surface area contributed by atoms with Crippen molar-refractivity contribution in [1.82, 2.24) is 0 Å². The van der Waals surface area contributed by atoms with Crippen LogP contribution in [0.5, 0.6) is 5.75 Å². The summed E-state index contributed by atoms with van der Waals surface area (Å²) >= 11 is 13.6. The Bertz CT molecular complexity index is 400. The average molecular weight is 466 g/mol. The van der Waals surface area contributed by atoms with Crippen molar-refractivity contribution in [3.8, 4) is 5.75 Å². The van der Waals surface area contributed by atoms with Crippen LogP contribution in [0.3, 0.4) is 0 Å². The summed E-state index contributed by atoms with van der Waals surface area (Å²) in [5.41, 5.74) is 0.960. The van der Waals surface area contributed by atoms with E-state index in [-0.39, 0.29) is 5.97 Å². The van der Waals surface area contributed by atoms with Gasteiger partial charge in [-0.3, -0.25) is 4.79 Å². The smallest absolute Gasteiger partial charge is 0.308 e. The highest BCUT2D eigenvalue weighted by Crippen LogP contribution is 2.45. The van der Waals surface area contributed by atoms with E-state index in [4.69, 9.17) is 4.74 Å². The number of hydrogen-bond acceptors (Lipinski definition) is 2. The first-order chi connectivity index (χ1) is 6.86. The summed E-state index contributed by atoms with van der Waals surface area (Å²) in [7, 11) is 0. The van der Waals surface area contributed by atoms with E-state index in [9.17, 15) is 4.79 Å². The molecule has 0 saturated carbocycles. The molecule has 0 aromatic heterocycles. The molecule has 0 aliphatic heterocycles. The van der Waals surface area contributed by atoms with E-state index in [1.165, 1.54) is 6.92 Å². The number of carbonyl (C=O) groups is 1. The molecule has 0 bridgehead atoms. The molecule has 1 aromatic carbocycles. The van der Waals surface area contributed by atoms with Gasteiger partial charge in [0.05, 0.1) is 13.4 Å². The summed E-state index contributed by atoms with van der Waals surface area (Å²) in [6, 6.07) is 0. The molecule has 0 saturated heterocycles. The molecule has 0 amide bonds. The molecule has 2 nitrogen and oxygen atoms in total. The first-order valence-corrected chi connectivity index (χ1v) is 7.04. The summed E-state index contributed by atoms with van der Waals surface area (Å²) in [5.74, 6) is 0.125. The largest absolute Gasteiger partial charge is 0.424 e. The molecule has 0 atom stereocenters. The third-order valence-electron chi connectivity index (χ3n) is 1.69. The Morgan fingerprint density at radius 2 is 1.53 bits per heavy atom. The minimum atomic E-state index is -0.356. The summed E-state index contributed by atoms with van der Waals surface area (Å²) < 4.78 is 8.29. The number of ether oxygens (including phenoxy) is 1. The highest BCUT2D eigenvalue weighted by Gasteiger charge is 2.18. The van der Waals surface area contributed by atoms with Crippen molar-refractivity contribution in [2.45, 2.75) is 13.8 Å². The number of carbonyl (C=O) groups excluding carboxylic acids is 1. The molecule has 6 heteroatoms. The van der Waals surface area contributed by atoms with Crippen LogP contribution in [0, 0.1) is 6.92 Å². The van der Waals surface area contributed by atoms with Gasteiger partial charge in [-0.25, -0.2) is 0 Å². The molecule has 0 aliphatic carbocycles. The second kappa shape index (κ2) is 5.29. The molecule has 0 N–H and O–H groups in total. The summed E-state index contributed by atoms with van der Waals surface area (Å²) in [6.45, 7) is 3.28. The van der Waals surface area contributed by atoms with Gasteiger partial charge in [0, 0.05) is 11.4 Å². The van der Waals surface area contributed by atoms with Crippen LogP contribution in [0.15, 0.2) is 17.9 Å². The highest BCUT2D eigenvalue weighted by atomic mass is 79.9. The predicted octanol–water partition coefficient (Wildman–Crippen LogP) is 4.97. The monoisotopic (exact) mass is 462 g/mol. The molecule has 0 heterocycles. The molecule has 1 rings (SSSR count). The van der Waals surface area contributed by atoms with Crippen LogP contribution >= 0.6 is 63.7 Å². The normalized spacial score (nSPS) is 10.3. The van der Waals surface area contributed by atoms with Crippen molar-refractivity contribution in [2.75, 3.05) is 0 Å². The van der Waals surface area contributed by atoms with E-state index in [1.807, 2.05) is 6.92 Å². The maximum absolute atomic E-state index is 10.9. The van der Waals surface area contributed by atoms with Gasteiger partial charge in [0.2, 0.25) is 0 Å². The first-order valence-electron chi connectivity index (χ1n) is 3.87. The van der Waals surface area contributed by atoms with E-state index in [2.05, 4.69) is 63.7 Å². The van der Waals surface area contributed by atoms with Gasteiger partial charge in [0.1, 0.15) is 0 Å². The molecular formula is C9H6Br4O2. The Morgan fingerprint density at radius 3 is 2.00 bits per heavy atom. The first kappa shape index (κ1) is 13.7. The van der Waals surface area contributed by atoms with Gasteiger partial charge >= 0.3 is 5.97 Å². The van der Waals surface area contributed by atoms with Gasteiger partial charge in [0.15, 0.2) is 5.75 Å². The van der Waals surface area contributed by atoms with Gasteiger partial charge in [-0.15, -0.1) is 0 Å². The van der Waals surface area contributed by atoms with Crippen LogP contribution in [0.4, 0.5) is 0 Å². The average Bonchev–Trinajstić information content (AvgIpc) is 2.18. The van der Waals surface area contributed by atoms with Crippen LogP contribution < -0.4 is 4.74 Å². The zero-order chi connectivity index (χ0) is 11.7. The number of hydrogen-bond donors (Lipinski definition) is 0. The third-order valence-corrected chi connectivity index (χ3v) is 6.25. The van der Waals surface area contributed by atoms with Crippen LogP contribution in [-0.4, -0.2) is 5.97 Å². The van der Waals surface area contributed by atoms with E-state index < -0.39 is 0 Å². The maximum atomic E-state index is 10.9. The van der Waals surface area contributed by atoms with Gasteiger partial charge < -0.3 is 4.74 Å². The number of benzene rings is 1. The van der Waals surface area contributed by atoms with Crippen LogP contribution in [-0.2, 0) is 4.79 Å². The second-order valence-corrected chi connectivity index (χ2v) is 5.98. The summed E-state index contributed by atoms with van der Waals surface area (Å²) in [5, 5.41) is 0. The topological polar surface area (TPSA) is 26.3 Å². The third kappa shape index (κ3) is 2.84. The maximum Gasteiger partial charge on any atom is 0.308 e. The van der Waals surface area contributed by atoms with E-state index in [0.717, 1.165) is 19.0 Å². The number of esters is 1. The van der Waals surface area contributed by atoms with Gasteiger partial charge in [-0.1, -0.05) is 0 Å². The van der Waals surface area contributed by atoms with Crippen molar-refractivity contribution in [1.29, 1.82) is 0 Å². The van der Waals surface area contributed by atoms with Crippen molar-refractivity contribution < 1.29 is 9.53 Å². The molecule has 15 heavy (non-hydrogen) atoms. The molecule has 82 valence electrons. The molecule has 0 aliphatic rings. The Hall–Kier alpha value is 0.610. The molecular weight excluding hydrogens is 460 g/mol. The zero-order valence-electron chi connectivity index (χ0n) is 7.83. The Labute approximate surface area is 121 Å². The molecule has 0 radical (unpaired) electrons. The van der Waals surface area contributed by atoms with E-state index >= 15 is 0 Å². The molecule has 1 aromatic rings. The lowest BCUT2D eigenvalue weighted by atomic mass is 10.2. The van der Waals surface area contributed by atoms with Gasteiger partial charge in [0.25, 0.3) is 0 Å². The fraction of sp³-hybridized carbons (Fsp3) is 0.222. The van der Waals surface area contributed by atoms with E-state index in [0.29, 0.717) is 10.2 Å². The summed E-state index contributed by atoms with van der Waals surface area (Å²) in [4.78, 5) is 10.9. The lowest BCUT2D eigenvalue weighted by molar-refractivity contribution is -0.131. The number of rotatable bonds is 1.